The van der Waals surface area contributed by atoms with E-state index in [1.54, 1.807) is 19.2 Å². The van der Waals surface area contributed by atoms with E-state index >= 15 is 0 Å². The number of sulfonamides is 1. The minimum Gasteiger partial charge on any atom is -0.388 e. The van der Waals surface area contributed by atoms with E-state index in [1.807, 2.05) is 0 Å². The third-order valence-electron chi connectivity index (χ3n) is 2.70. The molecule has 2 aromatic rings. The number of benzene rings is 2. The largest absolute Gasteiger partial charge is 0.388 e. The van der Waals surface area contributed by atoms with Gasteiger partial charge in [0.05, 0.1) is 20.6 Å². The van der Waals surface area contributed by atoms with Crippen molar-refractivity contribution in [1.82, 2.24) is 0 Å². The highest BCUT2D eigenvalue weighted by Crippen LogP contribution is 2.33. The number of rotatable bonds is 4. The van der Waals surface area contributed by atoms with E-state index < -0.39 is 15.8 Å². The van der Waals surface area contributed by atoms with Gasteiger partial charge in [0.15, 0.2) is 0 Å². The summed E-state index contributed by atoms with van der Waals surface area (Å²) in [5, 5.41) is 2.65. The minimum absolute atomic E-state index is 0.0398. The lowest BCUT2D eigenvalue weighted by Crippen LogP contribution is -2.13. The molecule has 8 heteroatoms. The van der Waals surface area contributed by atoms with Crippen LogP contribution in [-0.2, 0) is 10.0 Å². The Bertz CT molecular complexity index is 741. The summed E-state index contributed by atoms with van der Waals surface area (Å²) >= 11 is 11.6. The number of anilines is 2. The fourth-order valence-electron chi connectivity index (χ4n) is 1.63. The molecule has 4 nitrogen and oxygen atoms in total. The zero-order valence-corrected chi connectivity index (χ0v) is 13.2. The monoisotopic (exact) mass is 348 g/mol. The van der Waals surface area contributed by atoms with Crippen molar-refractivity contribution < 1.29 is 12.8 Å². The first-order chi connectivity index (χ1) is 9.83. The maximum atomic E-state index is 13.1. The Morgan fingerprint density at radius 3 is 2.05 bits per heavy atom. The van der Waals surface area contributed by atoms with Crippen molar-refractivity contribution in [3.05, 3.63) is 52.3 Å². The number of hydrogen-bond acceptors (Lipinski definition) is 3. The molecule has 0 atom stereocenters. The summed E-state index contributed by atoms with van der Waals surface area (Å²) in [6.07, 6.45) is 0. The number of nitrogens with one attached hydrogen (secondary N) is 2. The van der Waals surface area contributed by atoms with E-state index in [0.29, 0.717) is 0 Å². The van der Waals surface area contributed by atoms with Crippen LogP contribution < -0.4 is 10.0 Å². The van der Waals surface area contributed by atoms with Gasteiger partial charge in [-0.3, -0.25) is 4.72 Å². The lowest BCUT2D eigenvalue weighted by atomic mass is 10.3. The van der Waals surface area contributed by atoms with Crippen LogP contribution in [0.2, 0.25) is 10.0 Å². The van der Waals surface area contributed by atoms with Gasteiger partial charge in [-0.1, -0.05) is 23.2 Å². The summed E-state index contributed by atoms with van der Waals surface area (Å²) in [6.45, 7) is 0. The molecule has 0 amide bonds. The summed E-state index contributed by atoms with van der Waals surface area (Å²) in [5.41, 5.74) is 0.712. The van der Waals surface area contributed by atoms with Crippen LogP contribution in [0.25, 0.3) is 0 Å². The van der Waals surface area contributed by atoms with Crippen molar-refractivity contribution in [2.75, 3.05) is 17.1 Å². The van der Waals surface area contributed by atoms with Crippen molar-refractivity contribution >= 4 is 44.6 Å². The molecule has 112 valence electrons. The lowest BCUT2D eigenvalue weighted by molar-refractivity contribution is 0.601. The highest BCUT2D eigenvalue weighted by molar-refractivity contribution is 7.92. The molecule has 0 radical (unpaired) electrons. The molecule has 2 rings (SSSR count). The predicted octanol–water partition coefficient (Wildman–Crippen LogP) is 3.98. The average Bonchev–Trinajstić information content (AvgIpc) is 2.43. The first kappa shape index (κ1) is 15.9. The molecule has 0 aromatic heterocycles. The van der Waals surface area contributed by atoms with Crippen molar-refractivity contribution in [3.8, 4) is 0 Å². The van der Waals surface area contributed by atoms with Crippen LogP contribution in [0.3, 0.4) is 0 Å². The molecule has 21 heavy (non-hydrogen) atoms. The maximum Gasteiger partial charge on any atom is 0.261 e. The summed E-state index contributed by atoms with van der Waals surface area (Å²) in [4.78, 5) is 0.0398. The molecule has 0 aliphatic carbocycles. The van der Waals surface area contributed by atoms with Crippen molar-refractivity contribution in [2.24, 2.45) is 0 Å². The third kappa shape index (κ3) is 3.58. The quantitative estimate of drug-likeness (QED) is 0.878. The molecule has 2 N–H and O–H groups in total. The second kappa shape index (κ2) is 6.09. The van der Waals surface area contributed by atoms with Gasteiger partial charge in [0.2, 0.25) is 0 Å². The van der Waals surface area contributed by atoms with Gasteiger partial charge in [0, 0.05) is 12.7 Å². The Hall–Kier alpha value is -1.50. The predicted molar refractivity (Wildman–Crippen MR) is 83.2 cm³/mol. The van der Waals surface area contributed by atoms with Crippen molar-refractivity contribution in [1.29, 1.82) is 0 Å². The lowest BCUT2D eigenvalue weighted by Gasteiger charge is -2.12. The van der Waals surface area contributed by atoms with Gasteiger partial charge in [0.25, 0.3) is 10.0 Å². The van der Waals surface area contributed by atoms with Gasteiger partial charge in [0.1, 0.15) is 5.82 Å². The number of halogens is 3. The molecule has 0 unspecified atom stereocenters. The van der Waals surface area contributed by atoms with Crippen LogP contribution in [0.4, 0.5) is 15.8 Å². The molecule has 0 saturated heterocycles. The van der Waals surface area contributed by atoms with Crippen LogP contribution in [-0.4, -0.2) is 15.5 Å². The summed E-state index contributed by atoms with van der Waals surface area (Å²) in [5.74, 6) is -0.647. The number of hydrogen-bond donors (Lipinski definition) is 2. The Morgan fingerprint density at radius 2 is 1.57 bits per heavy atom. The molecule has 0 spiro atoms. The standard InChI is InChI=1S/C13H11Cl2FN2O2S/c1-17-9-2-4-10(5-3-9)21(19,20)18-13-11(14)6-8(16)7-12(13)15/h2-7,17-18H,1H3. The van der Waals surface area contributed by atoms with Crippen LogP contribution in [0.5, 0.6) is 0 Å². The second-order valence-corrected chi connectivity index (χ2v) is 6.62. The Morgan fingerprint density at radius 1 is 1.05 bits per heavy atom. The smallest absolute Gasteiger partial charge is 0.261 e. The van der Waals surface area contributed by atoms with Crippen LogP contribution in [0.1, 0.15) is 0 Å². The Kier molecular flexibility index (Phi) is 4.61. The second-order valence-electron chi connectivity index (χ2n) is 4.12. The van der Waals surface area contributed by atoms with E-state index in [-0.39, 0.29) is 20.6 Å². The molecular formula is C13H11Cl2FN2O2S. The molecule has 0 aliphatic heterocycles. The van der Waals surface area contributed by atoms with Gasteiger partial charge in [-0.2, -0.15) is 0 Å². The molecule has 0 saturated carbocycles. The molecule has 0 aliphatic rings. The zero-order valence-electron chi connectivity index (χ0n) is 10.8. The van der Waals surface area contributed by atoms with E-state index in [0.717, 1.165) is 17.8 Å². The fraction of sp³-hybridized carbons (Fsp3) is 0.0769. The van der Waals surface area contributed by atoms with Crippen LogP contribution in [0, 0.1) is 5.82 Å². The zero-order chi connectivity index (χ0) is 15.6. The van der Waals surface area contributed by atoms with E-state index in [1.165, 1.54) is 12.1 Å². The summed E-state index contributed by atoms with van der Waals surface area (Å²) < 4.78 is 39.8. The molecule has 0 fully saturated rings. The summed E-state index contributed by atoms with van der Waals surface area (Å²) in [7, 11) is -2.14. The molecule has 2 aromatic carbocycles. The Balaban J connectivity index is 2.37. The molecule has 0 bridgehead atoms. The highest BCUT2D eigenvalue weighted by Gasteiger charge is 2.18. The van der Waals surface area contributed by atoms with Gasteiger partial charge in [-0.05, 0) is 36.4 Å². The average molecular weight is 349 g/mol. The minimum atomic E-state index is -3.87. The fourth-order valence-corrected chi connectivity index (χ4v) is 3.40. The van der Waals surface area contributed by atoms with E-state index in [9.17, 15) is 12.8 Å². The SMILES string of the molecule is CNc1ccc(S(=O)(=O)Nc2c(Cl)cc(F)cc2Cl)cc1. The van der Waals surface area contributed by atoms with Crippen LogP contribution >= 0.6 is 23.2 Å². The normalized spacial score (nSPS) is 11.2. The van der Waals surface area contributed by atoms with Crippen LogP contribution in [0.15, 0.2) is 41.3 Å². The van der Waals surface area contributed by atoms with Gasteiger partial charge in [-0.15, -0.1) is 0 Å². The van der Waals surface area contributed by atoms with E-state index in [2.05, 4.69) is 10.0 Å². The van der Waals surface area contributed by atoms with Gasteiger partial charge < -0.3 is 5.32 Å². The van der Waals surface area contributed by atoms with Gasteiger partial charge in [-0.25, -0.2) is 12.8 Å². The molecular weight excluding hydrogens is 338 g/mol. The summed E-state index contributed by atoms with van der Waals surface area (Å²) in [6, 6.07) is 8.05. The van der Waals surface area contributed by atoms with E-state index in [4.69, 9.17) is 23.2 Å². The van der Waals surface area contributed by atoms with Crippen molar-refractivity contribution in [2.45, 2.75) is 4.90 Å². The highest BCUT2D eigenvalue weighted by atomic mass is 35.5. The first-order valence-corrected chi connectivity index (χ1v) is 8.02. The van der Waals surface area contributed by atoms with Gasteiger partial charge >= 0.3 is 0 Å². The third-order valence-corrected chi connectivity index (χ3v) is 4.66. The Labute approximate surface area is 131 Å². The first-order valence-electron chi connectivity index (χ1n) is 5.78. The van der Waals surface area contributed by atoms with Crippen molar-refractivity contribution in [3.63, 3.8) is 0 Å². The topological polar surface area (TPSA) is 58.2 Å². The maximum absolute atomic E-state index is 13.1. The molecule has 0 heterocycles.